The molecule has 196 valence electrons. The molecule has 4 rings (SSSR count). The highest BCUT2D eigenvalue weighted by Gasteiger charge is 2.29. The van der Waals surface area contributed by atoms with Crippen molar-refractivity contribution in [1.29, 1.82) is 0 Å². The first-order valence-electron chi connectivity index (χ1n) is 11.3. The molecule has 2 heterocycles. The number of benzene rings is 1. The number of rotatable bonds is 9. The van der Waals surface area contributed by atoms with Crippen molar-refractivity contribution < 1.29 is 38.0 Å². The van der Waals surface area contributed by atoms with E-state index in [1.807, 2.05) is 0 Å². The van der Waals surface area contributed by atoms with Crippen LogP contribution in [0.4, 0.5) is 16.3 Å². The van der Waals surface area contributed by atoms with Crippen LogP contribution in [-0.4, -0.2) is 61.7 Å². The second kappa shape index (κ2) is 10.6. The van der Waals surface area contributed by atoms with Crippen LogP contribution >= 0.6 is 7.82 Å². The summed E-state index contributed by atoms with van der Waals surface area (Å²) >= 11 is 0. The number of aromatic nitrogens is 3. The fraction of sp³-hybridized carbons (Fsp3) is 0.318. The Labute approximate surface area is 210 Å². The van der Waals surface area contributed by atoms with E-state index in [9.17, 15) is 18.9 Å². The fourth-order valence-corrected chi connectivity index (χ4v) is 3.66. The molecule has 15 heteroatoms. The minimum absolute atomic E-state index is 0.00204. The molecule has 0 spiro atoms. The van der Waals surface area contributed by atoms with E-state index in [1.165, 1.54) is 29.2 Å². The molecule has 3 aromatic rings. The monoisotopic (exact) mass is 532 g/mol. The average Bonchev–Trinajstić information content (AvgIpc) is 3.53. The lowest BCUT2D eigenvalue weighted by Gasteiger charge is -2.24. The summed E-state index contributed by atoms with van der Waals surface area (Å²) in [6.45, 7) is 2.79. The number of fused-ring (bicyclic) bond motifs is 1. The second-order valence-electron chi connectivity index (χ2n) is 8.23. The van der Waals surface area contributed by atoms with Gasteiger partial charge in [-0.15, -0.1) is 0 Å². The number of carbonyl (C=O) groups excluding carboxylic acids is 3. The van der Waals surface area contributed by atoms with Gasteiger partial charge < -0.3 is 25.2 Å². The van der Waals surface area contributed by atoms with Gasteiger partial charge in [0, 0.05) is 24.3 Å². The summed E-state index contributed by atoms with van der Waals surface area (Å²) in [7, 11) is -4.91. The number of phosphoric ester groups is 1. The van der Waals surface area contributed by atoms with Gasteiger partial charge in [0.25, 0.3) is 11.8 Å². The number of aryl methyl sites for hydroxylation is 1. The van der Waals surface area contributed by atoms with E-state index < -0.39 is 20.7 Å². The van der Waals surface area contributed by atoms with Gasteiger partial charge in [0.15, 0.2) is 5.82 Å². The predicted octanol–water partition coefficient (Wildman–Crippen LogP) is 2.02. The van der Waals surface area contributed by atoms with E-state index >= 15 is 0 Å². The molecular weight excluding hydrogens is 507 g/mol. The second-order valence-corrected chi connectivity index (χ2v) is 9.47. The van der Waals surface area contributed by atoms with Crippen molar-refractivity contribution >= 4 is 42.8 Å². The first kappa shape index (κ1) is 26.2. The molecule has 0 bridgehead atoms. The summed E-state index contributed by atoms with van der Waals surface area (Å²) in [5.74, 6) is -0.688. The molecule has 0 atom stereocenters. The van der Waals surface area contributed by atoms with Crippen molar-refractivity contribution in [3.8, 4) is 0 Å². The number of anilines is 2. The van der Waals surface area contributed by atoms with E-state index in [4.69, 9.17) is 14.5 Å². The van der Waals surface area contributed by atoms with Crippen LogP contribution in [0, 0.1) is 6.92 Å². The summed E-state index contributed by atoms with van der Waals surface area (Å²) in [5.41, 5.74) is 1.56. The molecule has 1 fully saturated rings. The van der Waals surface area contributed by atoms with Gasteiger partial charge in [-0.05, 0) is 50.5 Å². The Kier molecular flexibility index (Phi) is 7.55. The van der Waals surface area contributed by atoms with Crippen molar-refractivity contribution in [2.75, 3.05) is 18.2 Å². The third-order valence-electron chi connectivity index (χ3n) is 5.41. The Morgan fingerprint density at radius 2 is 1.95 bits per heavy atom. The number of ether oxygens (including phenoxy) is 1. The molecule has 0 radical (unpaired) electrons. The zero-order chi connectivity index (χ0) is 26.7. The summed E-state index contributed by atoms with van der Waals surface area (Å²) in [4.78, 5) is 61.4. The van der Waals surface area contributed by atoms with Crippen molar-refractivity contribution in [3.63, 3.8) is 0 Å². The van der Waals surface area contributed by atoms with Gasteiger partial charge in [-0.3, -0.25) is 9.59 Å². The Hall–Kier alpha value is -3.84. The minimum atomic E-state index is -4.91. The van der Waals surface area contributed by atoms with Crippen LogP contribution in [0.5, 0.6) is 0 Å². The summed E-state index contributed by atoms with van der Waals surface area (Å²) in [6.07, 6.45) is 3.36. The topological polar surface area (TPSA) is 185 Å². The largest absolute Gasteiger partial charge is 0.472 e. The Balaban J connectivity index is 1.78. The maximum atomic E-state index is 13.2. The number of amides is 3. The number of nitrogens with zero attached hydrogens (tertiary/aromatic N) is 4. The molecule has 37 heavy (non-hydrogen) atoms. The molecule has 3 amide bonds. The van der Waals surface area contributed by atoms with E-state index in [0.717, 1.165) is 17.7 Å². The van der Waals surface area contributed by atoms with Gasteiger partial charge >= 0.3 is 13.9 Å². The molecule has 1 aliphatic rings. The Morgan fingerprint density at radius 1 is 1.19 bits per heavy atom. The van der Waals surface area contributed by atoms with Gasteiger partial charge in [-0.1, -0.05) is 6.07 Å². The lowest BCUT2D eigenvalue weighted by atomic mass is 10.1. The van der Waals surface area contributed by atoms with E-state index in [1.54, 1.807) is 26.0 Å². The first-order chi connectivity index (χ1) is 17.6. The highest BCUT2D eigenvalue weighted by Crippen LogP contribution is 2.36. The molecule has 0 aliphatic heterocycles. The summed E-state index contributed by atoms with van der Waals surface area (Å²) < 4.78 is 21.6. The van der Waals surface area contributed by atoms with Crippen molar-refractivity contribution in [1.82, 2.24) is 25.2 Å². The molecule has 0 saturated heterocycles. The van der Waals surface area contributed by atoms with E-state index in [-0.39, 0.29) is 40.4 Å². The fourth-order valence-electron chi connectivity index (χ4n) is 3.47. The molecule has 4 N–H and O–H groups in total. The van der Waals surface area contributed by atoms with Crippen molar-refractivity contribution in [3.05, 3.63) is 53.5 Å². The zero-order valence-corrected chi connectivity index (χ0v) is 20.8. The van der Waals surface area contributed by atoms with Gasteiger partial charge in [0.2, 0.25) is 6.79 Å². The van der Waals surface area contributed by atoms with Crippen LogP contribution in [0.25, 0.3) is 5.52 Å². The van der Waals surface area contributed by atoms with Crippen LogP contribution in [0.2, 0.25) is 0 Å². The maximum absolute atomic E-state index is 13.2. The van der Waals surface area contributed by atoms with Gasteiger partial charge in [-0.2, -0.15) is 5.10 Å². The lowest BCUT2D eigenvalue weighted by Crippen LogP contribution is -2.30. The quantitative estimate of drug-likeness (QED) is 0.235. The van der Waals surface area contributed by atoms with Crippen LogP contribution in [0.15, 0.2) is 36.8 Å². The zero-order valence-electron chi connectivity index (χ0n) is 19.9. The third-order valence-corrected chi connectivity index (χ3v) is 5.85. The number of carbonyl (C=O) groups is 3. The third kappa shape index (κ3) is 6.30. The molecule has 0 unspecified atom stereocenters. The SMILES string of the molecule is CCNC(=O)c1ccc(C)c(N(C(=O)OCOP(=O)(O)O)c2ncnn3cc(C(=O)NC4CC4)cc23)c1. The Bertz CT molecular complexity index is 1400. The predicted molar refractivity (Wildman–Crippen MR) is 129 cm³/mol. The summed E-state index contributed by atoms with van der Waals surface area (Å²) in [6, 6.07) is 6.28. The molecule has 1 aliphatic carbocycles. The normalized spacial score (nSPS) is 13.3. The summed E-state index contributed by atoms with van der Waals surface area (Å²) in [5, 5.41) is 9.67. The number of phosphoric acid groups is 1. The van der Waals surface area contributed by atoms with E-state index in [2.05, 4.69) is 25.2 Å². The average molecular weight is 532 g/mol. The van der Waals surface area contributed by atoms with Gasteiger partial charge in [0.05, 0.1) is 11.3 Å². The van der Waals surface area contributed by atoms with Crippen LogP contribution in [0.1, 0.15) is 46.0 Å². The van der Waals surface area contributed by atoms with Gasteiger partial charge in [-0.25, -0.2) is 28.3 Å². The van der Waals surface area contributed by atoms with Gasteiger partial charge in [0.1, 0.15) is 11.8 Å². The molecule has 1 saturated carbocycles. The van der Waals surface area contributed by atoms with Crippen LogP contribution in [0.3, 0.4) is 0 Å². The van der Waals surface area contributed by atoms with E-state index in [0.29, 0.717) is 17.7 Å². The Morgan fingerprint density at radius 3 is 2.62 bits per heavy atom. The molecular formula is C22H25N6O8P. The maximum Gasteiger partial charge on any atom is 0.472 e. The highest BCUT2D eigenvalue weighted by atomic mass is 31.2. The highest BCUT2D eigenvalue weighted by molar-refractivity contribution is 7.46. The number of nitrogens with one attached hydrogen (secondary N) is 2. The minimum Gasteiger partial charge on any atom is -0.421 e. The number of hydrogen-bond donors (Lipinski definition) is 4. The lowest BCUT2D eigenvalue weighted by molar-refractivity contribution is 0.0445. The van der Waals surface area contributed by atoms with Crippen molar-refractivity contribution in [2.24, 2.45) is 0 Å². The van der Waals surface area contributed by atoms with Crippen LogP contribution < -0.4 is 15.5 Å². The molecule has 1 aromatic carbocycles. The van der Waals surface area contributed by atoms with Crippen molar-refractivity contribution in [2.45, 2.75) is 32.7 Å². The standard InChI is InChI=1S/C22H25N6O8P/c1-3-23-20(29)14-5-4-13(2)17(8-14)28(22(31)35-12-36-37(32,33)34)19-18-9-15(10-27(18)25-11-24-19)21(30)26-16-6-7-16/h4-5,8-11,16H,3,6-7,12H2,1-2H3,(H,23,29)(H,26,30)(H2,32,33,34). The smallest absolute Gasteiger partial charge is 0.421 e. The first-order valence-corrected chi connectivity index (χ1v) is 12.8. The van der Waals surface area contributed by atoms with Crippen LogP contribution in [-0.2, 0) is 13.8 Å². The number of hydrogen-bond acceptors (Lipinski definition) is 8. The molecule has 2 aromatic heterocycles. The molecule has 14 nitrogen and oxygen atoms in total.